The predicted octanol–water partition coefficient (Wildman–Crippen LogP) is 4.56. The van der Waals surface area contributed by atoms with Gasteiger partial charge in [0, 0.05) is 0 Å². The average Bonchev–Trinajstić information content (AvgIpc) is 2.94. The molecule has 1 fully saturated rings. The predicted molar refractivity (Wildman–Crippen MR) is 124 cm³/mol. The molecule has 190 valence electrons. The van der Waals surface area contributed by atoms with Crippen LogP contribution >= 0.6 is 0 Å². The number of hydrogen-bond acceptors (Lipinski definition) is 7. The molecule has 1 N–H and O–H groups in total. The Morgan fingerprint density at radius 2 is 1.61 bits per heavy atom. The molecule has 0 aromatic heterocycles. The van der Waals surface area contributed by atoms with Gasteiger partial charge in [-0.05, 0) is 60.3 Å². The summed E-state index contributed by atoms with van der Waals surface area (Å²) < 4.78 is 16.1. The third-order valence-corrected chi connectivity index (χ3v) is 4.77. The van der Waals surface area contributed by atoms with Gasteiger partial charge in [0.1, 0.15) is 17.2 Å². The van der Waals surface area contributed by atoms with Crippen LogP contribution in [0.25, 0.3) is 0 Å². The van der Waals surface area contributed by atoms with Crippen LogP contribution in [0.15, 0.2) is 0 Å². The van der Waals surface area contributed by atoms with E-state index in [0.29, 0.717) is 19.3 Å². The lowest BCUT2D eigenvalue weighted by Gasteiger charge is -2.28. The van der Waals surface area contributed by atoms with Crippen LogP contribution in [0.2, 0.25) is 0 Å². The van der Waals surface area contributed by atoms with Gasteiger partial charge in [0.2, 0.25) is 6.10 Å². The Balaban J connectivity index is 3.11. The van der Waals surface area contributed by atoms with Crippen LogP contribution in [0.4, 0.5) is 9.59 Å². The normalized spacial score (nSPS) is 19.8. The average molecular weight is 471 g/mol. The summed E-state index contributed by atoms with van der Waals surface area (Å²) in [6.07, 6.45) is 0.227. The maximum absolute atomic E-state index is 13.2. The molecule has 3 amide bonds. The highest BCUT2D eigenvalue weighted by molar-refractivity contribution is 5.96. The van der Waals surface area contributed by atoms with E-state index in [1.165, 1.54) is 0 Å². The van der Waals surface area contributed by atoms with Gasteiger partial charge in [-0.1, -0.05) is 40.0 Å². The van der Waals surface area contributed by atoms with Crippen LogP contribution in [-0.2, 0) is 23.8 Å². The first-order chi connectivity index (χ1) is 15.1. The molecule has 9 nitrogen and oxygen atoms in total. The number of esters is 1. The SMILES string of the molecule is CCCCC[C@@H]1[C@@H](C(=O)N[C@@H](CC(C)C)C(=O)OC(C)(C)C)OC(=O)N1C(=O)OC(C)(C)C. The Hall–Kier alpha value is -2.32. The van der Waals surface area contributed by atoms with Crippen molar-refractivity contribution in [2.24, 2.45) is 5.92 Å². The summed E-state index contributed by atoms with van der Waals surface area (Å²) in [5, 5.41) is 2.69. The molecule has 9 heteroatoms. The second-order valence-corrected chi connectivity index (χ2v) is 10.9. The molecule has 0 saturated carbocycles. The number of rotatable bonds is 9. The largest absolute Gasteiger partial charge is 0.458 e. The topological polar surface area (TPSA) is 111 Å². The fourth-order valence-electron chi connectivity index (χ4n) is 3.46. The van der Waals surface area contributed by atoms with Crippen LogP contribution in [0.3, 0.4) is 0 Å². The molecule has 33 heavy (non-hydrogen) atoms. The Kier molecular flexibility index (Phi) is 10.2. The van der Waals surface area contributed by atoms with Crippen molar-refractivity contribution in [3.05, 3.63) is 0 Å². The molecule has 1 aliphatic rings. The van der Waals surface area contributed by atoms with Gasteiger partial charge < -0.3 is 19.5 Å². The van der Waals surface area contributed by atoms with Crippen LogP contribution < -0.4 is 5.32 Å². The van der Waals surface area contributed by atoms with Crippen molar-refractivity contribution < 1.29 is 33.4 Å². The summed E-state index contributed by atoms with van der Waals surface area (Å²) >= 11 is 0. The zero-order valence-corrected chi connectivity index (χ0v) is 21.6. The van der Waals surface area contributed by atoms with Gasteiger partial charge in [-0.3, -0.25) is 4.79 Å². The Morgan fingerprint density at radius 3 is 2.09 bits per heavy atom. The summed E-state index contributed by atoms with van der Waals surface area (Å²) in [5.74, 6) is -1.08. The van der Waals surface area contributed by atoms with Crippen LogP contribution in [0.5, 0.6) is 0 Å². The van der Waals surface area contributed by atoms with E-state index in [-0.39, 0.29) is 5.92 Å². The summed E-state index contributed by atoms with van der Waals surface area (Å²) in [4.78, 5) is 52.0. The van der Waals surface area contributed by atoms with E-state index in [9.17, 15) is 19.2 Å². The number of ether oxygens (including phenoxy) is 3. The minimum absolute atomic E-state index is 0.104. The molecule has 1 heterocycles. The zero-order valence-electron chi connectivity index (χ0n) is 21.6. The lowest BCUT2D eigenvalue weighted by Crippen LogP contribution is -2.52. The van der Waals surface area contributed by atoms with Gasteiger partial charge >= 0.3 is 18.2 Å². The standard InChI is InChI=1S/C24H42N2O7/c1-10-11-12-13-17-18(31-21(29)26(17)22(30)33-24(7,8)9)19(27)25-16(14-15(2)3)20(28)32-23(4,5)6/h15-18H,10-14H2,1-9H3,(H,25,27)/t16-,17+,18-/m0/s1. The number of imide groups is 1. The van der Waals surface area contributed by atoms with E-state index >= 15 is 0 Å². The number of unbranched alkanes of at least 4 members (excludes halogenated alkanes) is 2. The maximum Gasteiger partial charge on any atom is 0.420 e. The van der Waals surface area contributed by atoms with Crippen molar-refractivity contribution >= 4 is 24.1 Å². The maximum atomic E-state index is 13.2. The first-order valence-corrected chi connectivity index (χ1v) is 11.8. The second-order valence-electron chi connectivity index (χ2n) is 10.9. The Bertz CT molecular complexity index is 707. The molecule has 0 bridgehead atoms. The molecule has 3 atom stereocenters. The Morgan fingerprint density at radius 1 is 1.03 bits per heavy atom. The van der Waals surface area contributed by atoms with E-state index in [0.717, 1.165) is 17.7 Å². The summed E-state index contributed by atoms with van der Waals surface area (Å²) in [7, 11) is 0. The smallest absolute Gasteiger partial charge is 0.420 e. The number of carbonyl (C=O) groups excluding carboxylic acids is 4. The van der Waals surface area contributed by atoms with Crippen molar-refractivity contribution in [1.82, 2.24) is 10.2 Å². The molecule has 0 spiro atoms. The minimum Gasteiger partial charge on any atom is -0.458 e. The molecule has 0 unspecified atom stereocenters. The quantitative estimate of drug-likeness (QED) is 0.299. The molecule has 1 rings (SSSR count). The third kappa shape index (κ3) is 9.60. The highest BCUT2D eigenvalue weighted by Crippen LogP contribution is 2.27. The third-order valence-electron chi connectivity index (χ3n) is 4.77. The number of cyclic esters (lactones) is 1. The van der Waals surface area contributed by atoms with Crippen molar-refractivity contribution in [1.29, 1.82) is 0 Å². The minimum atomic E-state index is -1.24. The van der Waals surface area contributed by atoms with Crippen molar-refractivity contribution in [2.75, 3.05) is 0 Å². The molecule has 0 aliphatic carbocycles. The van der Waals surface area contributed by atoms with E-state index in [4.69, 9.17) is 14.2 Å². The highest BCUT2D eigenvalue weighted by atomic mass is 16.6. The summed E-state index contributed by atoms with van der Waals surface area (Å²) in [5.41, 5.74) is -1.53. The zero-order chi connectivity index (χ0) is 25.6. The van der Waals surface area contributed by atoms with Crippen molar-refractivity contribution in [2.45, 2.75) is 124 Å². The van der Waals surface area contributed by atoms with Gasteiger partial charge in [-0.25, -0.2) is 19.3 Å². The lowest BCUT2D eigenvalue weighted by molar-refractivity contribution is -0.159. The molecule has 0 aromatic carbocycles. The first-order valence-electron chi connectivity index (χ1n) is 11.8. The van der Waals surface area contributed by atoms with Crippen LogP contribution in [-0.4, -0.2) is 58.4 Å². The number of nitrogens with one attached hydrogen (secondary N) is 1. The second kappa shape index (κ2) is 11.7. The number of amides is 3. The summed E-state index contributed by atoms with van der Waals surface area (Å²) in [6.45, 7) is 16.2. The molecule has 1 saturated heterocycles. The monoisotopic (exact) mass is 470 g/mol. The highest BCUT2D eigenvalue weighted by Gasteiger charge is 2.50. The van der Waals surface area contributed by atoms with Crippen molar-refractivity contribution in [3.8, 4) is 0 Å². The van der Waals surface area contributed by atoms with Gasteiger partial charge in [0.05, 0.1) is 6.04 Å². The van der Waals surface area contributed by atoms with Crippen molar-refractivity contribution in [3.63, 3.8) is 0 Å². The fourth-order valence-corrected chi connectivity index (χ4v) is 3.46. The van der Waals surface area contributed by atoms with E-state index in [1.54, 1.807) is 41.5 Å². The molecule has 0 aromatic rings. The molecular formula is C24H42N2O7. The van der Waals surface area contributed by atoms with E-state index in [1.807, 2.05) is 20.8 Å². The number of hydrogen-bond donors (Lipinski definition) is 1. The van der Waals surface area contributed by atoms with Gasteiger partial charge in [-0.15, -0.1) is 0 Å². The van der Waals surface area contributed by atoms with Gasteiger partial charge in [-0.2, -0.15) is 0 Å². The van der Waals surface area contributed by atoms with E-state index < -0.39 is 53.5 Å². The number of nitrogens with zero attached hydrogens (tertiary/aromatic N) is 1. The molecular weight excluding hydrogens is 428 g/mol. The fraction of sp³-hybridized carbons (Fsp3) is 0.833. The van der Waals surface area contributed by atoms with Crippen LogP contribution in [0, 0.1) is 5.92 Å². The lowest BCUT2D eigenvalue weighted by atomic mass is 10.00. The van der Waals surface area contributed by atoms with Gasteiger partial charge in [0.25, 0.3) is 5.91 Å². The summed E-state index contributed by atoms with van der Waals surface area (Å²) in [6, 6.07) is -1.72. The molecule has 1 aliphatic heterocycles. The molecule has 0 radical (unpaired) electrons. The number of carbonyl (C=O) groups is 4. The van der Waals surface area contributed by atoms with E-state index in [2.05, 4.69) is 5.32 Å². The van der Waals surface area contributed by atoms with Crippen LogP contribution in [0.1, 0.15) is 94.4 Å². The Labute approximate surface area is 197 Å². The van der Waals surface area contributed by atoms with Gasteiger partial charge in [0.15, 0.2) is 0 Å². The first kappa shape index (κ1) is 28.7.